The van der Waals surface area contributed by atoms with Gasteiger partial charge in [-0.25, -0.2) is 0 Å². The lowest BCUT2D eigenvalue weighted by atomic mass is 10.0. The smallest absolute Gasteiger partial charge is 0.303 e. The van der Waals surface area contributed by atoms with Crippen LogP contribution in [0.3, 0.4) is 0 Å². The van der Waals surface area contributed by atoms with Gasteiger partial charge in [-0.2, -0.15) is 0 Å². The highest BCUT2D eigenvalue weighted by molar-refractivity contribution is 5.95. The molecule has 0 aliphatic heterocycles. The minimum atomic E-state index is -0.861. The lowest BCUT2D eigenvalue weighted by Gasteiger charge is -2.17. The molecule has 1 atom stereocenters. The van der Waals surface area contributed by atoms with Crippen LogP contribution >= 0.6 is 0 Å². The molecular formula is C14H20N2O3. The van der Waals surface area contributed by atoms with Gasteiger partial charge in [-0.1, -0.05) is 32.0 Å². The molecule has 0 saturated heterocycles. The summed E-state index contributed by atoms with van der Waals surface area (Å²) in [7, 11) is 0. The molecule has 0 spiro atoms. The van der Waals surface area contributed by atoms with Gasteiger partial charge in [-0.15, -0.1) is 0 Å². The third-order valence-corrected chi connectivity index (χ3v) is 2.90. The van der Waals surface area contributed by atoms with E-state index < -0.39 is 12.0 Å². The molecule has 1 amide bonds. The van der Waals surface area contributed by atoms with E-state index >= 15 is 0 Å². The lowest BCUT2D eigenvalue weighted by molar-refractivity contribution is -0.136. The van der Waals surface area contributed by atoms with Gasteiger partial charge in [0.1, 0.15) is 0 Å². The first-order chi connectivity index (χ1) is 8.91. The molecular weight excluding hydrogens is 244 g/mol. The standard InChI is InChI=1S/C14H20N2O3/c1-9(2)13(15)14(19)16-11-6-4-3-5-10(11)7-8-12(17)18/h3-6,9,13H,7-8,15H2,1-2H3,(H,16,19)(H,17,18)/t13-/m0/s1. The van der Waals surface area contributed by atoms with Gasteiger partial charge in [0.05, 0.1) is 6.04 Å². The molecule has 1 aromatic rings. The van der Waals surface area contributed by atoms with Gasteiger partial charge in [0.2, 0.25) is 5.91 Å². The maximum atomic E-state index is 11.9. The normalized spacial score (nSPS) is 12.2. The van der Waals surface area contributed by atoms with Crippen LogP contribution in [-0.2, 0) is 16.0 Å². The summed E-state index contributed by atoms with van der Waals surface area (Å²) < 4.78 is 0. The third-order valence-electron chi connectivity index (χ3n) is 2.90. The molecule has 4 N–H and O–H groups in total. The van der Waals surface area contributed by atoms with E-state index in [1.807, 2.05) is 19.9 Å². The Labute approximate surface area is 112 Å². The number of amides is 1. The Morgan fingerprint density at radius 3 is 2.53 bits per heavy atom. The van der Waals surface area contributed by atoms with Crippen molar-refractivity contribution in [2.24, 2.45) is 11.7 Å². The molecule has 5 nitrogen and oxygen atoms in total. The predicted molar refractivity (Wildman–Crippen MR) is 73.8 cm³/mol. The summed E-state index contributed by atoms with van der Waals surface area (Å²) in [6.07, 6.45) is 0.409. The fraction of sp³-hybridized carbons (Fsp3) is 0.429. The molecule has 0 saturated carbocycles. The average Bonchev–Trinajstić information content (AvgIpc) is 2.36. The predicted octanol–water partition coefficient (Wildman–Crippen LogP) is 1.63. The summed E-state index contributed by atoms with van der Waals surface area (Å²) in [4.78, 5) is 22.5. The molecule has 0 aromatic heterocycles. The van der Waals surface area contributed by atoms with Gasteiger partial charge in [0.25, 0.3) is 0 Å². The summed E-state index contributed by atoms with van der Waals surface area (Å²) in [5.74, 6) is -1.07. The highest BCUT2D eigenvalue weighted by Gasteiger charge is 2.18. The minimum absolute atomic E-state index is 0.0309. The fourth-order valence-electron chi connectivity index (χ4n) is 1.62. The van der Waals surface area contributed by atoms with Crippen molar-refractivity contribution in [3.8, 4) is 0 Å². The summed E-state index contributed by atoms with van der Waals surface area (Å²) >= 11 is 0. The molecule has 1 rings (SSSR count). The quantitative estimate of drug-likeness (QED) is 0.728. The average molecular weight is 264 g/mol. The van der Waals surface area contributed by atoms with Crippen molar-refractivity contribution in [2.45, 2.75) is 32.7 Å². The van der Waals surface area contributed by atoms with E-state index in [9.17, 15) is 9.59 Å². The van der Waals surface area contributed by atoms with Crippen molar-refractivity contribution in [3.63, 3.8) is 0 Å². The molecule has 0 heterocycles. The van der Waals surface area contributed by atoms with E-state index in [0.29, 0.717) is 12.1 Å². The van der Waals surface area contributed by atoms with Crippen LogP contribution in [0.5, 0.6) is 0 Å². The number of aryl methyl sites for hydroxylation is 1. The molecule has 0 aliphatic rings. The summed E-state index contributed by atoms with van der Waals surface area (Å²) in [6, 6.07) is 6.59. The first-order valence-corrected chi connectivity index (χ1v) is 6.28. The number of carboxylic acids is 1. The molecule has 0 fully saturated rings. The zero-order valence-corrected chi connectivity index (χ0v) is 11.2. The Hall–Kier alpha value is -1.88. The minimum Gasteiger partial charge on any atom is -0.481 e. The van der Waals surface area contributed by atoms with Crippen LogP contribution in [0.2, 0.25) is 0 Å². The lowest BCUT2D eigenvalue weighted by Crippen LogP contribution is -2.39. The molecule has 0 radical (unpaired) electrons. The van der Waals surface area contributed by atoms with Crippen molar-refractivity contribution in [3.05, 3.63) is 29.8 Å². The van der Waals surface area contributed by atoms with Gasteiger partial charge in [0.15, 0.2) is 0 Å². The largest absolute Gasteiger partial charge is 0.481 e. The number of nitrogens with one attached hydrogen (secondary N) is 1. The van der Waals surface area contributed by atoms with E-state index in [1.165, 1.54) is 0 Å². The molecule has 1 aromatic carbocycles. The molecule has 0 bridgehead atoms. The van der Waals surface area contributed by atoms with Gasteiger partial charge in [0, 0.05) is 12.1 Å². The SMILES string of the molecule is CC(C)[C@H](N)C(=O)Nc1ccccc1CCC(=O)O. The maximum Gasteiger partial charge on any atom is 0.303 e. The number of para-hydroxylation sites is 1. The zero-order valence-electron chi connectivity index (χ0n) is 11.2. The molecule has 104 valence electrons. The Morgan fingerprint density at radius 1 is 1.32 bits per heavy atom. The van der Waals surface area contributed by atoms with E-state index in [0.717, 1.165) is 5.56 Å². The second-order valence-corrected chi connectivity index (χ2v) is 4.81. The number of aliphatic carboxylic acids is 1. The number of anilines is 1. The monoisotopic (exact) mass is 264 g/mol. The van der Waals surface area contributed by atoms with Crippen molar-refractivity contribution >= 4 is 17.6 Å². The van der Waals surface area contributed by atoms with Crippen LogP contribution in [0.1, 0.15) is 25.8 Å². The molecule has 19 heavy (non-hydrogen) atoms. The number of nitrogens with two attached hydrogens (primary N) is 1. The zero-order chi connectivity index (χ0) is 14.4. The third kappa shape index (κ3) is 4.71. The summed E-state index contributed by atoms with van der Waals surface area (Å²) in [6.45, 7) is 3.75. The van der Waals surface area contributed by atoms with Crippen molar-refractivity contribution in [2.75, 3.05) is 5.32 Å². The topological polar surface area (TPSA) is 92.4 Å². The number of hydrogen-bond donors (Lipinski definition) is 3. The van der Waals surface area contributed by atoms with Crippen LogP contribution in [0.15, 0.2) is 24.3 Å². The number of carbonyl (C=O) groups excluding carboxylic acids is 1. The Balaban J connectivity index is 2.77. The number of benzene rings is 1. The highest BCUT2D eigenvalue weighted by atomic mass is 16.4. The highest BCUT2D eigenvalue weighted by Crippen LogP contribution is 2.17. The van der Waals surface area contributed by atoms with E-state index in [2.05, 4.69) is 5.32 Å². The van der Waals surface area contributed by atoms with Crippen molar-refractivity contribution < 1.29 is 14.7 Å². The number of hydrogen-bond acceptors (Lipinski definition) is 3. The second-order valence-electron chi connectivity index (χ2n) is 4.81. The fourth-order valence-corrected chi connectivity index (χ4v) is 1.62. The van der Waals surface area contributed by atoms with Crippen molar-refractivity contribution in [1.29, 1.82) is 0 Å². The maximum absolute atomic E-state index is 11.9. The van der Waals surface area contributed by atoms with Gasteiger partial charge >= 0.3 is 5.97 Å². The van der Waals surface area contributed by atoms with Crippen LogP contribution in [0.4, 0.5) is 5.69 Å². The van der Waals surface area contributed by atoms with Gasteiger partial charge in [-0.05, 0) is 24.0 Å². The van der Waals surface area contributed by atoms with E-state index in [4.69, 9.17) is 10.8 Å². The van der Waals surface area contributed by atoms with Crippen LogP contribution in [-0.4, -0.2) is 23.0 Å². The van der Waals surface area contributed by atoms with Crippen LogP contribution in [0.25, 0.3) is 0 Å². The Bertz CT molecular complexity index is 458. The summed E-state index contributed by atoms with van der Waals surface area (Å²) in [5.41, 5.74) is 7.20. The first-order valence-electron chi connectivity index (χ1n) is 6.28. The summed E-state index contributed by atoms with van der Waals surface area (Å²) in [5, 5.41) is 11.5. The molecule has 5 heteroatoms. The van der Waals surface area contributed by atoms with Gasteiger partial charge < -0.3 is 16.2 Å². The number of carboxylic acid groups (broad SMARTS) is 1. The second kappa shape index (κ2) is 6.89. The van der Waals surface area contributed by atoms with E-state index in [1.54, 1.807) is 18.2 Å². The Morgan fingerprint density at radius 2 is 1.95 bits per heavy atom. The van der Waals surface area contributed by atoms with Gasteiger partial charge in [-0.3, -0.25) is 9.59 Å². The van der Waals surface area contributed by atoms with Crippen LogP contribution in [0, 0.1) is 5.92 Å². The molecule has 0 aliphatic carbocycles. The molecule has 0 unspecified atom stereocenters. The van der Waals surface area contributed by atoms with Crippen molar-refractivity contribution in [1.82, 2.24) is 0 Å². The number of carbonyl (C=O) groups is 2. The van der Waals surface area contributed by atoms with E-state index in [-0.39, 0.29) is 18.2 Å². The Kier molecular flexibility index (Phi) is 5.51. The number of rotatable bonds is 6. The van der Waals surface area contributed by atoms with Crippen LogP contribution < -0.4 is 11.1 Å². The first kappa shape index (κ1) is 15.2.